The molecule has 2 N–H and O–H groups in total. The second-order valence-electron chi connectivity index (χ2n) is 5.11. The fourth-order valence-electron chi connectivity index (χ4n) is 1.71. The van der Waals surface area contributed by atoms with Crippen LogP contribution in [-0.4, -0.2) is 48.0 Å². The van der Waals surface area contributed by atoms with Crippen molar-refractivity contribution in [1.82, 2.24) is 20.2 Å². The van der Waals surface area contributed by atoms with Crippen LogP contribution in [-0.2, 0) is 0 Å². The van der Waals surface area contributed by atoms with Crippen LogP contribution in [0.5, 0.6) is 0 Å². The summed E-state index contributed by atoms with van der Waals surface area (Å²) in [6, 6.07) is 3.37. The summed E-state index contributed by atoms with van der Waals surface area (Å²) < 4.78 is 26.0. The monoisotopic (exact) mass is 321 g/mol. The molecule has 0 aliphatic carbocycles. The lowest BCUT2D eigenvalue weighted by atomic mass is 10.3. The standard InChI is InChI=1S/C15H17F2N5O/c1-22(2)6-5-18-14(23)10-8-19-15(20-9-10)21-11-3-4-12(16)13(17)7-11/h3-4,7-9H,5-6H2,1-2H3,(H,18,23)(H,19,20,21). The Balaban J connectivity index is 1.96. The number of nitrogens with zero attached hydrogens (tertiary/aromatic N) is 3. The maximum Gasteiger partial charge on any atom is 0.254 e. The van der Waals surface area contributed by atoms with Crippen molar-refractivity contribution >= 4 is 17.5 Å². The summed E-state index contributed by atoms with van der Waals surface area (Å²) in [6.45, 7) is 1.24. The Kier molecular flexibility index (Phi) is 5.53. The van der Waals surface area contributed by atoms with Gasteiger partial charge in [0.05, 0.1) is 5.56 Å². The van der Waals surface area contributed by atoms with Gasteiger partial charge in [0.2, 0.25) is 5.95 Å². The number of hydrogen-bond donors (Lipinski definition) is 2. The first kappa shape index (κ1) is 16.8. The third-order valence-electron chi connectivity index (χ3n) is 2.93. The zero-order valence-electron chi connectivity index (χ0n) is 12.8. The van der Waals surface area contributed by atoms with Gasteiger partial charge in [0.1, 0.15) is 0 Å². The van der Waals surface area contributed by atoms with E-state index in [0.29, 0.717) is 17.8 Å². The molecule has 1 aromatic carbocycles. The minimum absolute atomic E-state index is 0.181. The Labute approximate surface area is 132 Å². The number of anilines is 2. The van der Waals surface area contributed by atoms with Crippen LogP contribution in [0.2, 0.25) is 0 Å². The molecule has 0 spiro atoms. The summed E-state index contributed by atoms with van der Waals surface area (Å²) in [6.07, 6.45) is 2.72. The summed E-state index contributed by atoms with van der Waals surface area (Å²) >= 11 is 0. The number of aromatic nitrogens is 2. The van der Waals surface area contributed by atoms with E-state index in [4.69, 9.17) is 0 Å². The third kappa shape index (κ3) is 4.96. The van der Waals surface area contributed by atoms with E-state index < -0.39 is 11.6 Å². The molecular formula is C15H17F2N5O. The van der Waals surface area contributed by atoms with Gasteiger partial charge in [-0.3, -0.25) is 4.79 Å². The van der Waals surface area contributed by atoms with Crippen molar-refractivity contribution in [2.24, 2.45) is 0 Å². The van der Waals surface area contributed by atoms with E-state index in [9.17, 15) is 13.6 Å². The van der Waals surface area contributed by atoms with Crippen LogP contribution in [0.1, 0.15) is 10.4 Å². The third-order valence-corrected chi connectivity index (χ3v) is 2.93. The normalized spacial score (nSPS) is 10.7. The highest BCUT2D eigenvalue weighted by molar-refractivity contribution is 5.93. The molecule has 0 aliphatic rings. The molecule has 0 radical (unpaired) electrons. The Morgan fingerprint density at radius 3 is 2.48 bits per heavy atom. The van der Waals surface area contributed by atoms with E-state index in [-0.39, 0.29) is 11.9 Å². The Bertz CT molecular complexity index is 676. The van der Waals surface area contributed by atoms with Gasteiger partial charge in [0.25, 0.3) is 5.91 Å². The van der Waals surface area contributed by atoms with Crippen molar-refractivity contribution in [3.63, 3.8) is 0 Å². The van der Waals surface area contributed by atoms with Crippen LogP contribution in [0.4, 0.5) is 20.4 Å². The molecular weight excluding hydrogens is 304 g/mol. The first-order valence-corrected chi connectivity index (χ1v) is 6.93. The van der Waals surface area contributed by atoms with Gasteiger partial charge in [-0.15, -0.1) is 0 Å². The summed E-state index contributed by atoms with van der Waals surface area (Å²) in [5.74, 6) is -1.99. The molecule has 0 bridgehead atoms. The van der Waals surface area contributed by atoms with E-state index in [2.05, 4.69) is 20.6 Å². The molecule has 8 heteroatoms. The largest absolute Gasteiger partial charge is 0.351 e. The number of amides is 1. The van der Waals surface area contributed by atoms with Crippen LogP contribution in [0.25, 0.3) is 0 Å². The number of carbonyl (C=O) groups is 1. The number of likely N-dealkylation sites (N-methyl/N-ethyl adjacent to an activating group) is 1. The Hall–Kier alpha value is -2.61. The number of hydrogen-bond acceptors (Lipinski definition) is 5. The lowest BCUT2D eigenvalue weighted by Gasteiger charge is -2.10. The number of nitrogens with one attached hydrogen (secondary N) is 2. The second kappa shape index (κ2) is 7.59. The van der Waals surface area contributed by atoms with Gasteiger partial charge in [0, 0.05) is 37.2 Å². The van der Waals surface area contributed by atoms with Crippen molar-refractivity contribution in [3.05, 3.63) is 47.8 Å². The fraction of sp³-hybridized carbons (Fsp3) is 0.267. The van der Waals surface area contributed by atoms with Gasteiger partial charge in [-0.1, -0.05) is 0 Å². The molecule has 122 valence electrons. The Morgan fingerprint density at radius 1 is 1.17 bits per heavy atom. The second-order valence-corrected chi connectivity index (χ2v) is 5.11. The van der Waals surface area contributed by atoms with Crippen molar-refractivity contribution in [1.29, 1.82) is 0 Å². The molecule has 2 aromatic rings. The number of rotatable bonds is 6. The zero-order chi connectivity index (χ0) is 16.8. The highest BCUT2D eigenvalue weighted by atomic mass is 19.2. The van der Waals surface area contributed by atoms with Crippen LogP contribution in [0.3, 0.4) is 0 Å². The maximum absolute atomic E-state index is 13.1. The smallest absolute Gasteiger partial charge is 0.254 e. The van der Waals surface area contributed by atoms with Gasteiger partial charge < -0.3 is 15.5 Å². The SMILES string of the molecule is CN(C)CCNC(=O)c1cnc(Nc2ccc(F)c(F)c2)nc1. The van der Waals surface area contributed by atoms with Crippen LogP contribution in [0, 0.1) is 11.6 Å². The molecule has 0 unspecified atom stereocenters. The van der Waals surface area contributed by atoms with E-state index in [1.54, 1.807) is 0 Å². The molecule has 23 heavy (non-hydrogen) atoms. The fourth-order valence-corrected chi connectivity index (χ4v) is 1.71. The van der Waals surface area contributed by atoms with Gasteiger partial charge in [0.15, 0.2) is 11.6 Å². The molecule has 0 saturated heterocycles. The van der Waals surface area contributed by atoms with Crippen molar-refractivity contribution < 1.29 is 13.6 Å². The van der Waals surface area contributed by atoms with Gasteiger partial charge >= 0.3 is 0 Å². The lowest BCUT2D eigenvalue weighted by Crippen LogP contribution is -2.31. The number of benzene rings is 1. The maximum atomic E-state index is 13.1. The minimum atomic E-state index is -0.966. The predicted molar refractivity (Wildman–Crippen MR) is 82.6 cm³/mol. The molecule has 0 fully saturated rings. The Morgan fingerprint density at radius 2 is 1.87 bits per heavy atom. The quantitative estimate of drug-likeness (QED) is 0.849. The zero-order valence-corrected chi connectivity index (χ0v) is 12.8. The summed E-state index contributed by atoms with van der Waals surface area (Å²) in [4.78, 5) is 21.8. The molecule has 2 rings (SSSR count). The minimum Gasteiger partial charge on any atom is -0.351 e. The average Bonchev–Trinajstić information content (AvgIpc) is 2.51. The number of carbonyl (C=O) groups excluding carboxylic acids is 1. The van der Waals surface area contributed by atoms with Crippen LogP contribution in [0.15, 0.2) is 30.6 Å². The molecule has 0 atom stereocenters. The van der Waals surface area contributed by atoms with Gasteiger partial charge in [-0.2, -0.15) is 0 Å². The average molecular weight is 321 g/mol. The first-order chi connectivity index (χ1) is 11.0. The van der Waals surface area contributed by atoms with E-state index in [0.717, 1.165) is 18.7 Å². The van der Waals surface area contributed by atoms with Crippen LogP contribution >= 0.6 is 0 Å². The first-order valence-electron chi connectivity index (χ1n) is 6.93. The summed E-state index contributed by atoms with van der Waals surface area (Å²) in [7, 11) is 3.82. The summed E-state index contributed by atoms with van der Waals surface area (Å²) in [5, 5.41) is 5.47. The number of halogens is 2. The lowest BCUT2D eigenvalue weighted by molar-refractivity contribution is 0.0950. The van der Waals surface area contributed by atoms with Crippen molar-refractivity contribution in [2.45, 2.75) is 0 Å². The van der Waals surface area contributed by atoms with Gasteiger partial charge in [-0.05, 0) is 26.2 Å². The van der Waals surface area contributed by atoms with Gasteiger partial charge in [-0.25, -0.2) is 18.7 Å². The molecule has 0 saturated carbocycles. The molecule has 1 amide bonds. The van der Waals surface area contributed by atoms with Crippen molar-refractivity contribution in [2.75, 3.05) is 32.5 Å². The van der Waals surface area contributed by atoms with E-state index >= 15 is 0 Å². The summed E-state index contributed by atoms with van der Waals surface area (Å²) in [5.41, 5.74) is 0.631. The van der Waals surface area contributed by atoms with Crippen molar-refractivity contribution in [3.8, 4) is 0 Å². The molecule has 0 aliphatic heterocycles. The van der Waals surface area contributed by atoms with Crippen LogP contribution < -0.4 is 10.6 Å². The molecule has 6 nitrogen and oxygen atoms in total. The topological polar surface area (TPSA) is 70.2 Å². The predicted octanol–water partition coefficient (Wildman–Crippen LogP) is 1.79. The highest BCUT2D eigenvalue weighted by Crippen LogP contribution is 2.16. The van der Waals surface area contributed by atoms with E-state index in [1.165, 1.54) is 18.5 Å². The molecule has 1 aromatic heterocycles. The highest BCUT2D eigenvalue weighted by Gasteiger charge is 2.08. The van der Waals surface area contributed by atoms with E-state index in [1.807, 2.05) is 19.0 Å². The molecule has 1 heterocycles.